The number of ether oxygens (including phenoxy) is 1. The van der Waals surface area contributed by atoms with Crippen molar-refractivity contribution >= 4 is 6.29 Å². The minimum absolute atomic E-state index is 0.310. The zero-order chi connectivity index (χ0) is 12.6. The molecule has 1 aliphatic rings. The molecule has 0 unspecified atom stereocenters. The van der Waals surface area contributed by atoms with Crippen molar-refractivity contribution < 1.29 is 19.7 Å². The third-order valence-electron chi connectivity index (χ3n) is 2.39. The maximum absolute atomic E-state index is 11.4. The highest BCUT2D eigenvalue weighted by atomic mass is 16.6. The van der Waals surface area contributed by atoms with Gasteiger partial charge in [0.05, 0.1) is 0 Å². The normalized spacial score (nSPS) is 32.6. The van der Waals surface area contributed by atoms with Crippen molar-refractivity contribution in [2.24, 2.45) is 0 Å². The van der Waals surface area contributed by atoms with Gasteiger partial charge < -0.3 is 19.7 Å². The number of nitrogens with zero attached hydrogens (tertiary/aromatic N) is 2. The maximum Gasteiger partial charge on any atom is 0.347 e. The summed E-state index contributed by atoms with van der Waals surface area (Å²) >= 11 is 0. The van der Waals surface area contributed by atoms with Crippen LogP contribution in [-0.4, -0.2) is 49.6 Å². The van der Waals surface area contributed by atoms with Crippen LogP contribution in [0.5, 0.6) is 0 Å². The van der Waals surface area contributed by atoms with Crippen LogP contribution in [0.1, 0.15) is 6.23 Å². The van der Waals surface area contributed by atoms with Gasteiger partial charge in [-0.3, -0.25) is 9.78 Å². The summed E-state index contributed by atoms with van der Waals surface area (Å²) in [5.41, 5.74) is -1.61. The van der Waals surface area contributed by atoms with E-state index < -0.39 is 35.8 Å². The van der Waals surface area contributed by atoms with Crippen LogP contribution < -0.4 is 11.2 Å². The standard InChI is InChI=1S/C8H9N3O6/c12-2-3-5(14)6(15)7(17-3)11-8(16)10-4(13)1-9-11/h1-3,5-7,14-15H,(H,10,13,16)/t3-,5-,6-,7-/m1/s1. The third kappa shape index (κ3) is 1.90. The molecule has 0 radical (unpaired) electrons. The minimum Gasteiger partial charge on any atom is -0.387 e. The van der Waals surface area contributed by atoms with Gasteiger partial charge in [-0.25, -0.2) is 4.79 Å². The molecule has 0 spiro atoms. The number of aliphatic hydroxyl groups is 2. The summed E-state index contributed by atoms with van der Waals surface area (Å²) in [6.45, 7) is 0. The van der Waals surface area contributed by atoms with Crippen LogP contribution in [0.4, 0.5) is 0 Å². The summed E-state index contributed by atoms with van der Waals surface area (Å²) in [6.07, 6.45) is -4.36. The van der Waals surface area contributed by atoms with Crippen LogP contribution in [0, 0.1) is 0 Å². The van der Waals surface area contributed by atoms with Crippen molar-refractivity contribution in [3.63, 3.8) is 0 Å². The van der Waals surface area contributed by atoms with Gasteiger partial charge in [-0.1, -0.05) is 0 Å². The molecule has 0 aromatic carbocycles. The number of rotatable bonds is 2. The Morgan fingerprint density at radius 2 is 2.12 bits per heavy atom. The molecule has 1 aliphatic heterocycles. The first kappa shape index (κ1) is 11.6. The number of aliphatic hydroxyl groups excluding tert-OH is 2. The fraction of sp³-hybridized carbons (Fsp3) is 0.500. The summed E-state index contributed by atoms with van der Waals surface area (Å²) in [7, 11) is 0. The highest BCUT2D eigenvalue weighted by molar-refractivity contribution is 5.58. The average molecular weight is 243 g/mol. The van der Waals surface area contributed by atoms with E-state index in [0.29, 0.717) is 11.0 Å². The molecule has 1 saturated heterocycles. The van der Waals surface area contributed by atoms with Gasteiger partial charge in [-0.05, 0) is 0 Å². The smallest absolute Gasteiger partial charge is 0.347 e. The Morgan fingerprint density at radius 3 is 2.65 bits per heavy atom. The van der Waals surface area contributed by atoms with Crippen LogP contribution in [0.25, 0.3) is 0 Å². The highest BCUT2D eigenvalue weighted by Crippen LogP contribution is 2.26. The summed E-state index contributed by atoms with van der Waals surface area (Å²) < 4.78 is 5.60. The van der Waals surface area contributed by atoms with Gasteiger partial charge >= 0.3 is 5.69 Å². The highest BCUT2D eigenvalue weighted by Gasteiger charge is 2.44. The van der Waals surface area contributed by atoms with E-state index in [2.05, 4.69) is 5.10 Å². The lowest BCUT2D eigenvalue weighted by Crippen LogP contribution is -2.39. The van der Waals surface area contributed by atoms with E-state index >= 15 is 0 Å². The number of hydrogen-bond acceptors (Lipinski definition) is 7. The van der Waals surface area contributed by atoms with Crippen LogP contribution in [0.2, 0.25) is 0 Å². The van der Waals surface area contributed by atoms with Gasteiger partial charge in [0.1, 0.15) is 24.5 Å². The van der Waals surface area contributed by atoms with Crippen molar-refractivity contribution in [1.82, 2.24) is 14.8 Å². The molecule has 2 heterocycles. The van der Waals surface area contributed by atoms with Gasteiger partial charge in [0.2, 0.25) is 0 Å². The lowest BCUT2D eigenvalue weighted by Gasteiger charge is -2.14. The Hall–Kier alpha value is -1.84. The Kier molecular flexibility index (Phi) is 2.88. The van der Waals surface area contributed by atoms with Gasteiger partial charge in [0.25, 0.3) is 5.56 Å². The van der Waals surface area contributed by atoms with Gasteiger partial charge in [0.15, 0.2) is 12.5 Å². The number of aromatic nitrogens is 3. The second-order valence-corrected chi connectivity index (χ2v) is 3.49. The van der Waals surface area contributed by atoms with E-state index in [0.717, 1.165) is 6.20 Å². The first-order valence-electron chi connectivity index (χ1n) is 4.69. The molecule has 2 rings (SSSR count). The molecule has 0 amide bonds. The molecular weight excluding hydrogens is 234 g/mol. The Labute approximate surface area is 93.3 Å². The van der Waals surface area contributed by atoms with Gasteiger partial charge in [-0.15, -0.1) is 0 Å². The quantitative estimate of drug-likeness (QED) is 0.464. The molecule has 9 heteroatoms. The molecule has 0 saturated carbocycles. The largest absolute Gasteiger partial charge is 0.387 e. The lowest BCUT2D eigenvalue weighted by molar-refractivity contribution is -0.123. The van der Waals surface area contributed by atoms with E-state index in [9.17, 15) is 24.6 Å². The maximum atomic E-state index is 11.4. The van der Waals surface area contributed by atoms with E-state index in [1.165, 1.54) is 0 Å². The molecule has 0 bridgehead atoms. The summed E-state index contributed by atoms with van der Waals surface area (Å²) in [5, 5.41) is 22.5. The molecule has 4 atom stereocenters. The Bertz CT molecular complexity index is 537. The average Bonchev–Trinajstić information content (AvgIpc) is 2.57. The predicted octanol–water partition coefficient (Wildman–Crippen LogP) is -3.25. The molecule has 1 fully saturated rings. The summed E-state index contributed by atoms with van der Waals surface area (Å²) in [5.74, 6) is 0. The van der Waals surface area contributed by atoms with E-state index in [-0.39, 0.29) is 0 Å². The van der Waals surface area contributed by atoms with Crippen molar-refractivity contribution in [1.29, 1.82) is 0 Å². The Balaban J connectivity index is 2.38. The zero-order valence-electron chi connectivity index (χ0n) is 8.39. The molecule has 3 N–H and O–H groups in total. The molecule has 0 aliphatic carbocycles. The summed E-state index contributed by atoms with van der Waals surface area (Å²) in [4.78, 5) is 34.6. The van der Waals surface area contributed by atoms with Gasteiger partial charge in [-0.2, -0.15) is 9.78 Å². The number of nitrogens with one attached hydrogen (secondary N) is 1. The number of aldehydes is 1. The Morgan fingerprint density at radius 1 is 1.41 bits per heavy atom. The summed E-state index contributed by atoms with van der Waals surface area (Å²) in [6, 6.07) is 0. The first-order valence-corrected chi connectivity index (χ1v) is 4.69. The van der Waals surface area contributed by atoms with Crippen LogP contribution in [-0.2, 0) is 9.53 Å². The lowest BCUT2D eigenvalue weighted by atomic mass is 10.1. The fourth-order valence-electron chi connectivity index (χ4n) is 1.54. The topological polar surface area (TPSA) is 135 Å². The number of carbonyl (C=O) groups excluding carboxylic acids is 1. The van der Waals surface area contributed by atoms with E-state index in [1.54, 1.807) is 0 Å². The van der Waals surface area contributed by atoms with Gasteiger partial charge in [0, 0.05) is 0 Å². The molecule has 1 aromatic rings. The minimum atomic E-state index is -1.48. The van der Waals surface area contributed by atoms with Crippen LogP contribution >= 0.6 is 0 Å². The number of hydrogen-bond donors (Lipinski definition) is 3. The van der Waals surface area contributed by atoms with E-state index in [4.69, 9.17) is 4.74 Å². The van der Waals surface area contributed by atoms with E-state index in [1.807, 2.05) is 4.98 Å². The van der Waals surface area contributed by atoms with Crippen molar-refractivity contribution in [2.75, 3.05) is 0 Å². The molecule has 1 aromatic heterocycles. The van der Waals surface area contributed by atoms with Crippen LogP contribution in [0.15, 0.2) is 15.8 Å². The zero-order valence-corrected chi connectivity index (χ0v) is 8.39. The van der Waals surface area contributed by atoms with Crippen molar-refractivity contribution in [2.45, 2.75) is 24.5 Å². The number of carbonyl (C=O) groups is 1. The number of aromatic amines is 1. The first-order chi connectivity index (χ1) is 8.04. The second kappa shape index (κ2) is 4.20. The molecule has 17 heavy (non-hydrogen) atoms. The van der Waals surface area contributed by atoms with Crippen molar-refractivity contribution in [3.8, 4) is 0 Å². The fourth-order valence-corrected chi connectivity index (χ4v) is 1.54. The van der Waals surface area contributed by atoms with Crippen LogP contribution in [0.3, 0.4) is 0 Å². The predicted molar refractivity (Wildman–Crippen MR) is 51.1 cm³/mol. The monoisotopic (exact) mass is 243 g/mol. The SMILES string of the molecule is O=C[C@H]1O[C@@H](n2ncc(=O)[nH]c2=O)[C@H](O)[C@@H]1O. The number of H-pyrrole nitrogens is 1. The molecule has 92 valence electrons. The van der Waals surface area contributed by atoms with Crippen molar-refractivity contribution in [3.05, 3.63) is 27.0 Å². The third-order valence-corrected chi connectivity index (χ3v) is 2.39. The molecular formula is C8H9N3O6. The molecule has 9 nitrogen and oxygen atoms in total. The second-order valence-electron chi connectivity index (χ2n) is 3.49.